The van der Waals surface area contributed by atoms with E-state index in [1.54, 1.807) is 24.5 Å². The van der Waals surface area contributed by atoms with Gasteiger partial charge < -0.3 is 5.32 Å². The molecule has 0 spiro atoms. The minimum absolute atomic E-state index is 0.0571. The Labute approximate surface area is 134 Å². The molecule has 1 atom stereocenters. The second-order valence-corrected chi connectivity index (χ2v) is 7.28. The number of nitrogens with zero attached hydrogens (tertiary/aromatic N) is 1. The summed E-state index contributed by atoms with van der Waals surface area (Å²) in [5, 5.41) is 2.90. The maximum atomic E-state index is 12.3. The van der Waals surface area contributed by atoms with E-state index in [2.05, 4.69) is 10.3 Å². The van der Waals surface area contributed by atoms with Crippen LogP contribution in [0.2, 0.25) is 5.02 Å². The lowest BCUT2D eigenvalue weighted by Gasteiger charge is -2.14. The van der Waals surface area contributed by atoms with Gasteiger partial charge in [0.2, 0.25) is 0 Å². The highest BCUT2D eigenvalue weighted by atomic mass is 35.5. The van der Waals surface area contributed by atoms with E-state index in [0.29, 0.717) is 0 Å². The van der Waals surface area contributed by atoms with E-state index in [4.69, 9.17) is 11.6 Å². The van der Waals surface area contributed by atoms with Crippen molar-refractivity contribution in [2.45, 2.75) is 17.9 Å². The van der Waals surface area contributed by atoms with Crippen LogP contribution in [0.4, 0.5) is 0 Å². The van der Waals surface area contributed by atoms with Crippen LogP contribution in [0.5, 0.6) is 0 Å². The Morgan fingerprint density at radius 1 is 1.23 bits per heavy atom. The molecule has 2 aromatic rings. The number of pyridine rings is 1. The van der Waals surface area contributed by atoms with Gasteiger partial charge in [0, 0.05) is 24.2 Å². The van der Waals surface area contributed by atoms with Gasteiger partial charge in [0.15, 0.2) is 9.84 Å². The fourth-order valence-electron chi connectivity index (χ4n) is 1.94. The molecular formula is C15H15ClN2O3S. The number of carbonyl (C=O) groups is 1. The number of hydrogen-bond acceptors (Lipinski definition) is 4. The molecule has 0 aliphatic carbocycles. The van der Waals surface area contributed by atoms with Crippen LogP contribution in [0.15, 0.2) is 47.6 Å². The number of sulfone groups is 1. The van der Waals surface area contributed by atoms with E-state index in [1.165, 1.54) is 18.2 Å². The quantitative estimate of drug-likeness (QED) is 0.929. The van der Waals surface area contributed by atoms with Crippen LogP contribution in [0, 0.1) is 0 Å². The van der Waals surface area contributed by atoms with E-state index in [9.17, 15) is 13.2 Å². The summed E-state index contributed by atoms with van der Waals surface area (Å²) in [6.45, 7) is 1.83. The summed E-state index contributed by atoms with van der Waals surface area (Å²) in [7, 11) is -3.49. The molecule has 5 nitrogen and oxygen atoms in total. The zero-order valence-corrected chi connectivity index (χ0v) is 13.6. The average Bonchev–Trinajstić information content (AvgIpc) is 2.47. The molecule has 2 rings (SSSR count). The lowest BCUT2D eigenvalue weighted by molar-refractivity contribution is 0.0939. The second kappa shape index (κ2) is 6.46. The molecule has 0 aliphatic heterocycles. The van der Waals surface area contributed by atoms with Crippen molar-refractivity contribution in [3.63, 3.8) is 0 Å². The smallest absolute Gasteiger partial charge is 0.251 e. The average molecular weight is 339 g/mol. The van der Waals surface area contributed by atoms with Crippen LogP contribution in [-0.4, -0.2) is 25.6 Å². The van der Waals surface area contributed by atoms with Gasteiger partial charge in [-0.3, -0.25) is 9.78 Å². The summed E-state index contributed by atoms with van der Waals surface area (Å²) in [6.07, 6.45) is 4.33. The molecule has 1 aromatic heterocycles. The lowest BCUT2D eigenvalue weighted by Crippen LogP contribution is -2.26. The standard InChI is InChI=1S/C15H15ClN2O3S/c1-10(11-5-7-17-8-6-11)18-15(19)12-3-4-13(16)14(9-12)22(2,20)21/h3-10H,1-2H3,(H,18,19). The number of rotatable bonds is 4. The number of amides is 1. The molecule has 1 aromatic carbocycles. The van der Waals surface area contributed by atoms with Gasteiger partial charge in [-0.1, -0.05) is 11.6 Å². The van der Waals surface area contributed by atoms with Gasteiger partial charge in [-0.15, -0.1) is 0 Å². The summed E-state index contributed by atoms with van der Waals surface area (Å²) in [6, 6.07) is 7.55. The van der Waals surface area contributed by atoms with Gasteiger partial charge in [0.25, 0.3) is 5.91 Å². The molecule has 1 unspecified atom stereocenters. The second-order valence-electron chi connectivity index (χ2n) is 4.89. The van der Waals surface area contributed by atoms with Gasteiger partial charge in [0.1, 0.15) is 0 Å². The summed E-state index contributed by atoms with van der Waals surface area (Å²) in [5.41, 5.74) is 1.14. The van der Waals surface area contributed by atoms with Crippen molar-refractivity contribution in [1.29, 1.82) is 0 Å². The molecule has 0 radical (unpaired) electrons. The molecule has 0 bridgehead atoms. The van der Waals surface area contributed by atoms with Crippen LogP contribution < -0.4 is 5.32 Å². The van der Waals surface area contributed by atoms with Crippen molar-refractivity contribution in [1.82, 2.24) is 10.3 Å². The molecule has 1 heterocycles. The SMILES string of the molecule is CC(NC(=O)c1ccc(Cl)c(S(C)(=O)=O)c1)c1ccncc1. The van der Waals surface area contributed by atoms with Crippen LogP contribution in [0.1, 0.15) is 28.9 Å². The summed E-state index contributed by atoms with van der Waals surface area (Å²) < 4.78 is 23.3. The van der Waals surface area contributed by atoms with Crippen LogP contribution >= 0.6 is 11.6 Å². The number of nitrogens with one attached hydrogen (secondary N) is 1. The van der Waals surface area contributed by atoms with Crippen molar-refractivity contribution in [3.8, 4) is 0 Å². The first-order valence-corrected chi connectivity index (χ1v) is 8.76. The largest absolute Gasteiger partial charge is 0.346 e. The highest BCUT2D eigenvalue weighted by Gasteiger charge is 2.17. The van der Waals surface area contributed by atoms with Gasteiger partial charge in [-0.05, 0) is 42.8 Å². The molecular weight excluding hydrogens is 324 g/mol. The number of hydrogen-bond donors (Lipinski definition) is 1. The first kappa shape index (κ1) is 16.5. The number of halogens is 1. The molecule has 1 amide bonds. The fourth-order valence-corrected chi connectivity index (χ4v) is 3.25. The Morgan fingerprint density at radius 2 is 1.86 bits per heavy atom. The molecule has 22 heavy (non-hydrogen) atoms. The van der Waals surface area contributed by atoms with E-state index >= 15 is 0 Å². The van der Waals surface area contributed by atoms with E-state index < -0.39 is 9.84 Å². The first-order valence-electron chi connectivity index (χ1n) is 6.49. The zero-order chi connectivity index (χ0) is 16.3. The molecule has 0 saturated heterocycles. The Bertz CT molecular complexity index is 792. The third-order valence-electron chi connectivity index (χ3n) is 3.15. The zero-order valence-electron chi connectivity index (χ0n) is 12.1. The normalized spacial score (nSPS) is 12.7. The van der Waals surface area contributed by atoms with Crippen LogP contribution in [0.3, 0.4) is 0 Å². The van der Waals surface area contributed by atoms with Crippen molar-refractivity contribution in [3.05, 3.63) is 58.9 Å². The maximum Gasteiger partial charge on any atom is 0.251 e. The molecule has 0 fully saturated rings. The van der Waals surface area contributed by atoms with Crippen molar-refractivity contribution < 1.29 is 13.2 Å². The number of carbonyl (C=O) groups excluding carboxylic acids is 1. The predicted molar refractivity (Wildman–Crippen MR) is 84.7 cm³/mol. The molecule has 1 N–H and O–H groups in total. The third-order valence-corrected chi connectivity index (χ3v) is 4.72. The molecule has 7 heteroatoms. The topological polar surface area (TPSA) is 76.1 Å². The van der Waals surface area contributed by atoms with E-state index in [1.807, 2.05) is 6.92 Å². The highest BCUT2D eigenvalue weighted by Crippen LogP contribution is 2.23. The Kier molecular flexibility index (Phi) is 4.83. The molecule has 116 valence electrons. The molecule has 0 aliphatic rings. The predicted octanol–water partition coefficient (Wildman–Crippen LogP) is 2.63. The Morgan fingerprint density at radius 3 is 2.45 bits per heavy atom. The maximum absolute atomic E-state index is 12.3. The van der Waals surface area contributed by atoms with Crippen LogP contribution in [0.25, 0.3) is 0 Å². The highest BCUT2D eigenvalue weighted by molar-refractivity contribution is 7.90. The molecule has 0 saturated carbocycles. The van der Waals surface area contributed by atoms with Crippen LogP contribution in [-0.2, 0) is 9.84 Å². The number of aromatic nitrogens is 1. The van der Waals surface area contributed by atoms with Gasteiger partial charge in [-0.25, -0.2) is 8.42 Å². The van der Waals surface area contributed by atoms with Gasteiger partial charge in [0.05, 0.1) is 16.0 Å². The monoisotopic (exact) mass is 338 g/mol. The van der Waals surface area contributed by atoms with E-state index in [0.717, 1.165) is 11.8 Å². The summed E-state index contributed by atoms with van der Waals surface area (Å²) in [5.74, 6) is -0.370. The minimum Gasteiger partial charge on any atom is -0.346 e. The Hall–Kier alpha value is -1.92. The Balaban J connectivity index is 2.24. The third kappa shape index (κ3) is 3.84. The van der Waals surface area contributed by atoms with Crippen molar-refractivity contribution >= 4 is 27.3 Å². The summed E-state index contributed by atoms with van der Waals surface area (Å²) in [4.78, 5) is 16.1. The lowest BCUT2D eigenvalue weighted by atomic mass is 10.1. The van der Waals surface area contributed by atoms with Crippen molar-refractivity contribution in [2.75, 3.05) is 6.26 Å². The summed E-state index contributed by atoms with van der Waals surface area (Å²) >= 11 is 5.87. The van der Waals surface area contributed by atoms with Crippen molar-refractivity contribution in [2.24, 2.45) is 0 Å². The number of benzene rings is 1. The first-order chi connectivity index (χ1) is 10.3. The fraction of sp³-hybridized carbons (Fsp3) is 0.200. The van der Waals surface area contributed by atoms with Gasteiger partial charge in [-0.2, -0.15) is 0 Å². The minimum atomic E-state index is -3.49. The van der Waals surface area contributed by atoms with Gasteiger partial charge >= 0.3 is 0 Å². The van der Waals surface area contributed by atoms with E-state index in [-0.39, 0.29) is 27.4 Å².